The van der Waals surface area contributed by atoms with Crippen molar-refractivity contribution in [1.82, 2.24) is 19.9 Å². The van der Waals surface area contributed by atoms with E-state index in [1.807, 2.05) is 0 Å². The molecule has 0 aromatic carbocycles. The number of nitrogens with two attached hydrogens (primary N) is 1. The number of methoxy groups -OCH3 is 1. The zero-order valence-electron chi connectivity index (χ0n) is 13.2. The Morgan fingerprint density at radius 2 is 2.26 bits per heavy atom. The third-order valence-electron chi connectivity index (χ3n) is 3.93. The first-order valence-corrected chi connectivity index (χ1v) is 7.51. The largest absolute Gasteiger partial charge is 0.480 e. The molecular weight excluding hydrogens is 294 g/mol. The monoisotopic (exact) mass is 313 g/mol. The number of aromatic nitrogens is 3. The van der Waals surface area contributed by atoms with E-state index < -0.39 is 0 Å². The van der Waals surface area contributed by atoms with Crippen molar-refractivity contribution in [2.24, 2.45) is 0 Å². The molecule has 23 heavy (non-hydrogen) atoms. The second-order valence-corrected chi connectivity index (χ2v) is 5.48. The van der Waals surface area contributed by atoms with Gasteiger partial charge in [0.15, 0.2) is 0 Å². The number of likely N-dealkylation sites (tertiary alicyclic amines) is 1. The molecule has 2 aromatic rings. The molecule has 1 aliphatic heterocycles. The van der Waals surface area contributed by atoms with E-state index in [0.717, 1.165) is 18.5 Å². The van der Waals surface area contributed by atoms with Crippen molar-refractivity contribution in [3.05, 3.63) is 41.5 Å². The summed E-state index contributed by atoms with van der Waals surface area (Å²) in [5.41, 5.74) is 7.06. The maximum Gasteiger partial charge on any atom is 0.259 e. The number of pyridine rings is 1. The fraction of sp³-hybridized carbons (Fsp3) is 0.375. The normalized spacial score (nSPS) is 17.3. The number of ether oxygens (including phenoxy) is 1. The van der Waals surface area contributed by atoms with Gasteiger partial charge in [0.2, 0.25) is 5.88 Å². The lowest BCUT2D eigenvalue weighted by Gasteiger charge is -2.25. The van der Waals surface area contributed by atoms with Crippen LogP contribution in [0, 0.1) is 6.92 Å². The molecule has 1 saturated heterocycles. The van der Waals surface area contributed by atoms with Gasteiger partial charge < -0.3 is 15.4 Å². The zero-order valence-corrected chi connectivity index (χ0v) is 13.2. The minimum Gasteiger partial charge on any atom is -0.480 e. The maximum absolute atomic E-state index is 12.9. The molecule has 3 rings (SSSR count). The fourth-order valence-electron chi connectivity index (χ4n) is 2.97. The number of anilines is 1. The Morgan fingerprint density at radius 1 is 1.43 bits per heavy atom. The molecule has 0 radical (unpaired) electrons. The van der Waals surface area contributed by atoms with E-state index in [1.165, 1.54) is 7.11 Å². The predicted molar refractivity (Wildman–Crippen MR) is 85.0 cm³/mol. The van der Waals surface area contributed by atoms with Crippen molar-refractivity contribution in [2.75, 3.05) is 19.4 Å². The zero-order chi connectivity index (χ0) is 16.4. The number of amides is 1. The molecule has 120 valence electrons. The molecule has 7 nitrogen and oxygen atoms in total. The van der Waals surface area contributed by atoms with E-state index in [9.17, 15) is 4.79 Å². The van der Waals surface area contributed by atoms with Crippen LogP contribution >= 0.6 is 0 Å². The summed E-state index contributed by atoms with van der Waals surface area (Å²) in [4.78, 5) is 27.4. The Hall–Kier alpha value is -2.70. The van der Waals surface area contributed by atoms with Gasteiger partial charge in [-0.3, -0.25) is 4.79 Å². The number of rotatable bonds is 3. The second kappa shape index (κ2) is 6.20. The minimum absolute atomic E-state index is 0.101. The average molecular weight is 313 g/mol. The van der Waals surface area contributed by atoms with Crippen LogP contribution in [0.2, 0.25) is 0 Å². The second-order valence-electron chi connectivity index (χ2n) is 5.48. The van der Waals surface area contributed by atoms with Gasteiger partial charge >= 0.3 is 0 Å². The quantitative estimate of drug-likeness (QED) is 0.927. The van der Waals surface area contributed by atoms with Gasteiger partial charge in [-0.05, 0) is 31.9 Å². The van der Waals surface area contributed by atoms with Crippen molar-refractivity contribution >= 4 is 11.7 Å². The third kappa shape index (κ3) is 2.94. The van der Waals surface area contributed by atoms with E-state index in [4.69, 9.17) is 10.5 Å². The van der Waals surface area contributed by atoms with Crippen LogP contribution in [0.3, 0.4) is 0 Å². The number of hydrogen-bond donors (Lipinski definition) is 1. The number of hydrogen-bond acceptors (Lipinski definition) is 6. The van der Waals surface area contributed by atoms with Crippen LogP contribution in [0.25, 0.3) is 0 Å². The number of nitrogens with zero attached hydrogens (tertiary/aromatic N) is 4. The van der Waals surface area contributed by atoms with Crippen LogP contribution in [0.4, 0.5) is 5.82 Å². The fourth-order valence-corrected chi connectivity index (χ4v) is 2.97. The molecule has 2 aromatic heterocycles. The lowest BCUT2D eigenvalue weighted by Crippen LogP contribution is -2.31. The van der Waals surface area contributed by atoms with Crippen LogP contribution in [-0.2, 0) is 0 Å². The van der Waals surface area contributed by atoms with Gasteiger partial charge in [-0.15, -0.1) is 0 Å². The lowest BCUT2D eigenvalue weighted by molar-refractivity contribution is 0.0728. The highest BCUT2D eigenvalue weighted by Gasteiger charge is 2.33. The standard InChI is InChI=1S/C16H19N5O2/c1-10-19-12(9-14(17)20-10)13-6-4-8-21(13)16(22)11-5-3-7-18-15(11)23-2/h3,5,7,9,13H,4,6,8H2,1-2H3,(H2,17,19,20)/t13-/m1/s1. The van der Waals surface area contributed by atoms with E-state index in [1.54, 1.807) is 36.2 Å². The van der Waals surface area contributed by atoms with Crippen molar-refractivity contribution in [1.29, 1.82) is 0 Å². The Balaban J connectivity index is 1.93. The molecule has 0 unspecified atom stereocenters. The van der Waals surface area contributed by atoms with Crippen LogP contribution in [0.5, 0.6) is 5.88 Å². The number of carbonyl (C=O) groups excluding carboxylic acids is 1. The summed E-state index contributed by atoms with van der Waals surface area (Å²) in [5.74, 6) is 1.26. The van der Waals surface area contributed by atoms with Crippen LogP contribution in [0.1, 0.15) is 40.8 Å². The molecule has 3 heterocycles. The number of aryl methyl sites for hydroxylation is 1. The Bertz CT molecular complexity index is 714. The van der Waals surface area contributed by atoms with Gasteiger partial charge in [-0.25, -0.2) is 15.0 Å². The van der Waals surface area contributed by atoms with Crippen LogP contribution in [-0.4, -0.2) is 39.4 Å². The van der Waals surface area contributed by atoms with Gasteiger partial charge in [-0.2, -0.15) is 0 Å². The summed E-state index contributed by atoms with van der Waals surface area (Å²) in [6.07, 6.45) is 3.37. The first-order valence-electron chi connectivity index (χ1n) is 7.51. The molecule has 0 aliphatic carbocycles. The molecule has 0 saturated carbocycles. The maximum atomic E-state index is 12.9. The number of nitrogen functional groups attached to an aromatic ring is 1. The van der Waals surface area contributed by atoms with E-state index in [2.05, 4.69) is 15.0 Å². The van der Waals surface area contributed by atoms with Crippen molar-refractivity contribution < 1.29 is 9.53 Å². The highest BCUT2D eigenvalue weighted by molar-refractivity contribution is 5.96. The summed E-state index contributed by atoms with van der Waals surface area (Å²) < 4.78 is 5.20. The summed E-state index contributed by atoms with van der Waals surface area (Å²) in [5, 5.41) is 0. The number of carbonyl (C=O) groups is 1. The smallest absolute Gasteiger partial charge is 0.259 e. The highest BCUT2D eigenvalue weighted by Crippen LogP contribution is 2.33. The van der Waals surface area contributed by atoms with Crippen LogP contribution < -0.4 is 10.5 Å². The summed E-state index contributed by atoms with van der Waals surface area (Å²) in [7, 11) is 1.51. The Kier molecular flexibility index (Phi) is 4.10. The molecule has 0 spiro atoms. The third-order valence-corrected chi connectivity index (χ3v) is 3.93. The molecule has 1 amide bonds. The SMILES string of the molecule is COc1ncccc1C(=O)N1CCC[C@@H]1c1cc(N)nc(C)n1. The minimum atomic E-state index is -0.104. The van der Waals surface area contributed by atoms with E-state index in [0.29, 0.717) is 29.6 Å². The molecule has 2 N–H and O–H groups in total. The molecule has 1 aliphatic rings. The van der Waals surface area contributed by atoms with Crippen molar-refractivity contribution in [3.63, 3.8) is 0 Å². The Labute approximate surface area is 134 Å². The van der Waals surface area contributed by atoms with Crippen molar-refractivity contribution in [3.8, 4) is 5.88 Å². The van der Waals surface area contributed by atoms with Gasteiger partial charge in [0.1, 0.15) is 17.2 Å². The van der Waals surface area contributed by atoms with Gasteiger partial charge in [-0.1, -0.05) is 0 Å². The molecule has 1 fully saturated rings. The molecule has 1 atom stereocenters. The van der Waals surface area contributed by atoms with E-state index >= 15 is 0 Å². The van der Waals surface area contributed by atoms with Crippen LogP contribution in [0.15, 0.2) is 24.4 Å². The summed E-state index contributed by atoms with van der Waals surface area (Å²) in [6.45, 7) is 2.47. The first kappa shape index (κ1) is 15.2. The molecular formula is C16H19N5O2. The topological polar surface area (TPSA) is 94.2 Å². The predicted octanol–water partition coefficient (Wildman–Crippen LogP) is 1.75. The lowest BCUT2D eigenvalue weighted by atomic mass is 10.1. The van der Waals surface area contributed by atoms with E-state index in [-0.39, 0.29) is 11.9 Å². The van der Waals surface area contributed by atoms with Gasteiger partial charge in [0.25, 0.3) is 5.91 Å². The first-order chi connectivity index (χ1) is 11.1. The van der Waals surface area contributed by atoms with Gasteiger partial charge in [0.05, 0.1) is 18.8 Å². The molecule has 0 bridgehead atoms. The Morgan fingerprint density at radius 3 is 3.00 bits per heavy atom. The van der Waals surface area contributed by atoms with Crippen molar-refractivity contribution in [2.45, 2.75) is 25.8 Å². The summed E-state index contributed by atoms with van der Waals surface area (Å²) in [6, 6.07) is 5.09. The highest BCUT2D eigenvalue weighted by atomic mass is 16.5. The molecule has 7 heteroatoms. The average Bonchev–Trinajstić information content (AvgIpc) is 3.03. The summed E-state index contributed by atoms with van der Waals surface area (Å²) >= 11 is 0. The van der Waals surface area contributed by atoms with Gasteiger partial charge in [0, 0.05) is 18.8 Å².